The molecule has 156 valence electrons. The monoisotopic (exact) mass is 396 g/mol. The maximum atomic E-state index is 15.1. The van der Waals surface area contributed by atoms with Gasteiger partial charge in [0.05, 0.1) is 31.8 Å². The molecule has 1 N–H and O–H groups in total. The van der Waals surface area contributed by atoms with Gasteiger partial charge in [-0.1, -0.05) is 19.3 Å². The molecule has 5 nitrogen and oxygen atoms in total. The Morgan fingerprint density at radius 1 is 1.29 bits per heavy atom. The molecule has 1 aromatic carbocycles. The number of rotatable bonds is 7. The summed E-state index contributed by atoms with van der Waals surface area (Å²) in [6.45, 7) is 3.89. The molecule has 28 heavy (non-hydrogen) atoms. The van der Waals surface area contributed by atoms with Crippen LogP contribution in [0.3, 0.4) is 0 Å². The Labute approximate surface area is 165 Å². The van der Waals surface area contributed by atoms with E-state index in [1.54, 1.807) is 19.3 Å². The Bertz CT molecular complexity index is 748. The summed E-state index contributed by atoms with van der Waals surface area (Å²) in [5.74, 6) is -3.20. The maximum absolute atomic E-state index is 15.1. The molecule has 0 radical (unpaired) electrons. The maximum Gasteiger partial charge on any atom is 0.308 e. The molecule has 0 bridgehead atoms. The van der Waals surface area contributed by atoms with Crippen molar-refractivity contribution in [2.24, 2.45) is 4.99 Å². The number of aliphatic imine (C=N–C) groups is 1. The van der Waals surface area contributed by atoms with Crippen molar-refractivity contribution in [1.82, 2.24) is 4.90 Å². The highest BCUT2D eigenvalue weighted by molar-refractivity contribution is 5.71. The van der Waals surface area contributed by atoms with Gasteiger partial charge in [-0.25, -0.2) is 4.99 Å². The second-order valence-corrected chi connectivity index (χ2v) is 7.80. The molecule has 1 saturated carbocycles. The van der Waals surface area contributed by atoms with Crippen LogP contribution < -0.4 is 4.74 Å². The number of alkyl halides is 2. The van der Waals surface area contributed by atoms with Gasteiger partial charge in [-0.3, -0.25) is 0 Å². The van der Waals surface area contributed by atoms with Crippen molar-refractivity contribution in [3.63, 3.8) is 0 Å². The van der Waals surface area contributed by atoms with Crippen LogP contribution >= 0.6 is 0 Å². The van der Waals surface area contributed by atoms with Crippen molar-refractivity contribution in [1.29, 1.82) is 0 Å². The molecule has 1 fully saturated rings. The van der Waals surface area contributed by atoms with E-state index >= 15 is 8.78 Å². The number of hydrogen-bond acceptors (Lipinski definition) is 4. The fourth-order valence-corrected chi connectivity index (χ4v) is 4.02. The summed E-state index contributed by atoms with van der Waals surface area (Å²) < 4.78 is 41.3. The van der Waals surface area contributed by atoms with Crippen LogP contribution in [0.25, 0.3) is 0 Å². The van der Waals surface area contributed by atoms with Crippen LogP contribution in [0.5, 0.6) is 5.75 Å². The lowest BCUT2D eigenvalue weighted by atomic mass is 9.67. The molecule has 0 amide bonds. The molecule has 1 aromatic rings. The van der Waals surface area contributed by atoms with Crippen molar-refractivity contribution in [3.8, 4) is 5.75 Å². The molecule has 0 spiro atoms. The second kappa shape index (κ2) is 7.95. The predicted octanol–water partition coefficient (Wildman–Crippen LogP) is 4.26. The average molecular weight is 396 g/mol. The van der Waals surface area contributed by atoms with Crippen LogP contribution in [-0.4, -0.2) is 49.8 Å². The molecule has 0 heterocycles. The first-order chi connectivity index (χ1) is 13.3. The number of benzene rings is 1. The fourth-order valence-electron chi connectivity index (χ4n) is 4.02. The lowest BCUT2D eigenvalue weighted by molar-refractivity contribution is -0.255. The van der Waals surface area contributed by atoms with Crippen LogP contribution in [0.15, 0.2) is 11.1 Å². The molecule has 2 aliphatic rings. The van der Waals surface area contributed by atoms with E-state index in [1.807, 2.05) is 18.9 Å². The third-order valence-corrected chi connectivity index (χ3v) is 5.96. The molecule has 7 heteroatoms. The van der Waals surface area contributed by atoms with Crippen LogP contribution in [0.2, 0.25) is 0 Å². The van der Waals surface area contributed by atoms with Crippen molar-refractivity contribution >= 4 is 12.0 Å². The fraction of sp³-hybridized carbons (Fsp3) is 0.667. The molecule has 0 aromatic heterocycles. The average Bonchev–Trinajstić information content (AvgIpc) is 2.70. The number of aliphatic hydroxyl groups is 1. The van der Waals surface area contributed by atoms with Gasteiger partial charge in [0, 0.05) is 30.8 Å². The van der Waals surface area contributed by atoms with Gasteiger partial charge in [0.15, 0.2) is 5.60 Å². The van der Waals surface area contributed by atoms with Gasteiger partial charge in [0.1, 0.15) is 5.75 Å². The van der Waals surface area contributed by atoms with E-state index in [-0.39, 0.29) is 23.0 Å². The molecular weight excluding hydrogens is 366 g/mol. The van der Waals surface area contributed by atoms with Gasteiger partial charge in [-0.2, -0.15) is 8.78 Å². The highest BCUT2D eigenvalue weighted by Gasteiger charge is 2.68. The Hall–Kier alpha value is -1.73. The Morgan fingerprint density at radius 2 is 1.96 bits per heavy atom. The quantitative estimate of drug-likeness (QED) is 0.553. The minimum atomic E-state index is -3.42. The summed E-state index contributed by atoms with van der Waals surface area (Å²) in [6, 6.07) is 1.61. The van der Waals surface area contributed by atoms with E-state index < -0.39 is 18.1 Å². The summed E-state index contributed by atoms with van der Waals surface area (Å²) >= 11 is 0. The Balaban J connectivity index is 1.93. The van der Waals surface area contributed by atoms with Crippen LogP contribution in [-0.2, 0) is 16.3 Å². The van der Waals surface area contributed by atoms with Gasteiger partial charge in [-0.15, -0.1) is 0 Å². The third-order valence-electron chi connectivity index (χ3n) is 5.96. The minimum absolute atomic E-state index is 0.0711. The first kappa shape index (κ1) is 21.0. The number of fused-ring (bicyclic) bond motifs is 1. The predicted molar refractivity (Wildman–Crippen MR) is 105 cm³/mol. The van der Waals surface area contributed by atoms with Crippen LogP contribution in [0.1, 0.15) is 55.7 Å². The molecule has 0 saturated heterocycles. The standard InChI is InChI=1S/C21H30F2N2O3/c1-5-25(3)13-24-16-11-17(27-4)19-18(14(16)2)21(22,23)20(19,26)12-28-15-9-7-6-8-10-15/h11,13,15,26H,5-10,12H2,1-4H3. The molecule has 0 aliphatic heterocycles. The summed E-state index contributed by atoms with van der Waals surface area (Å²) in [7, 11) is 3.27. The highest BCUT2D eigenvalue weighted by Crippen LogP contribution is 2.62. The summed E-state index contributed by atoms with van der Waals surface area (Å²) in [6.07, 6.45) is 6.44. The lowest BCUT2D eigenvalue weighted by Crippen LogP contribution is -2.57. The second-order valence-electron chi connectivity index (χ2n) is 7.80. The van der Waals surface area contributed by atoms with Crippen molar-refractivity contribution in [2.45, 2.75) is 63.6 Å². The van der Waals surface area contributed by atoms with Gasteiger partial charge in [-0.05, 0) is 32.3 Å². The van der Waals surface area contributed by atoms with Gasteiger partial charge < -0.3 is 19.5 Å². The zero-order chi connectivity index (χ0) is 20.5. The number of hydrogen-bond donors (Lipinski definition) is 1. The van der Waals surface area contributed by atoms with Crippen molar-refractivity contribution in [2.75, 3.05) is 27.3 Å². The van der Waals surface area contributed by atoms with Gasteiger partial charge >= 0.3 is 5.92 Å². The molecule has 1 atom stereocenters. The first-order valence-electron chi connectivity index (χ1n) is 9.95. The SMILES string of the molecule is CCN(C)C=Nc1cc(OC)c2c(c1C)C(F)(F)C2(O)COC1CCCCC1. The number of methoxy groups -OCH3 is 1. The van der Waals surface area contributed by atoms with Crippen molar-refractivity contribution in [3.05, 3.63) is 22.8 Å². The topological polar surface area (TPSA) is 54.3 Å². The van der Waals surface area contributed by atoms with E-state index in [4.69, 9.17) is 9.47 Å². The third kappa shape index (κ3) is 3.39. The zero-order valence-corrected chi connectivity index (χ0v) is 17.1. The van der Waals surface area contributed by atoms with Gasteiger partial charge in [0.2, 0.25) is 0 Å². The Kier molecular flexibility index (Phi) is 5.96. The summed E-state index contributed by atoms with van der Waals surface area (Å²) in [4.78, 5) is 6.17. The molecule has 3 rings (SSSR count). The molecule has 1 unspecified atom stereocenters. The normalized spacial score (nSPS) is 24.1. The summed E-state index contributed by atoms with van der Waals surface area (Å²) in [5.41, 5.74) is -1.70. The lowest BCUT2D eigenvalue weighted by Gasteiger charge is -2.48. The smallest absolute Gasteiger partial charge is 0.308 e. The van der Waals surface area contributed by atoms with E-state index in [1.165, 1.54) is 7.11 Å². The van der Waals surface area contributed by atoms with E-state index in [0.29, 0.717) is 11.3 Å². The number of halogens is 2. The summed E-state index contributed by atoms with van der Waals surface area (Å²) in [5, 5.41) is 10.9. The van der Waals surface area contributed by atoms with Crippen LogP contribution in [0, 0.1) is 6.92 Å². The zero-order valence-electron chi connectivity index (χ0n) is 17.1. The number of ether oxygens (including phenoxy) is 2. The largest absolute Gasteiger partial charge is 0.496 e. The van der Waals surface area contributed by atoms with E-state index in [9.17, 15) is 5.11 Å². The van der Waals surface area contributed by atoms with Crippen molar-refractivity contribution < 1.29 is 23.4 Å². The van der Waals surface area contributed by atoms with Gasteiger partial charge in [0.25, 0.3) is 0 Å². The molecular formula is C21H30F2N2O3. The highest BCUT2D eigenvalue weighted by atomic mass is 19.3. The minimum Gasteiger partial charge on any atom is -0.496 e. The molecule has 2 aliphatic carbocycles. The van der Waals surface area contributed by atoms with E-state index in [0.717, 1.165) is 38.6 Å². The van der Waals surface area contributed by atoms with E-state index in [2.05, 4.69) is 4.99 Å². The number of nitrogens with zero attached hydrogens (tertiary/aromatic N) is 2. The first-order valence-corrected chi connectivity index (χ1v) is 9.95. The Morgan fingerprint density at radius 3 is 2.57 bits per heavy atom. The van der Waals surface area contributed by atoms with Crippen LogP contribution in [0.4, 0.5) is 14.5 Å².